The summed E-state index contributed by atoms with van der Waals surface area (Å²) in [5.41, 5.74) is 1.08. The number of amides is 1. The molecule has 0 spiro atoms. The van der Waals surface area contributed by atoms with Gasteiger partial charge < -0.3 is 14.6 Å². The number of aromatic amines is 1. The molecule has 0 unspecified atom stereocenters. The van der Waals surface area contributed by atoms with Gasteiger partial charge in [0.1, 0.15) is 11.3 Å². The monoisotopic (exact) mass is 397 g/mol. The fourth-order valence-electron chi connectivity index (χ4n) is 2.82. The first kappa shape index (κ1) is 17.9. The summed E-state index contributed by atoms with van der Waals surface area (Å²) in [6.45, 7) is 0.265. The number of aromatic nitrogens is 4. The molecule has 2 aliphatic heterocycles. The number of ether oxygens (including phenoxy) is 1. The lowest BCUT2D eigenvalue weighted by molar-refractivity contribution is -0.116. The predicted molar refractivity (Wildman–Crippen MR) is 104 cm³/mol. The number of fused-ring (bicyclic) bond motifs is 2. The molecule has 9 nitrogen and oxygen atoms in total. The largest absolute Gasteiger partial charge is 0.465 e. The van der Waals surface area contributed by atoms with E-state index in [-0.39, 0.29) is 35.7 Å². The van der Waals surface area contributed by atoms with Crippen LogP contribution in [-0.4, -0.2) is 38.7 Å². The Balaban J connectivity index is 1.51. The number of carbonyl (C=O) groups is 2. The maximum atomic E-state index is 12.3. The molecule has 3 heterocycles. The third-order valence-electron chi connectivity index (χ3n) is 4.16. The van der Waals surface area contributed by atoms with Gasteiger partial charge in [0.05, 0.1) is 22.9 Å². The molecule has 2 N–H and O–H groups in total. The molecule has 0 radical (unpaired) electrons. The van der Waals surface area contributed by atoms with Crippen LogP contribution in [0.2, 0.25) is 0 Å². The molecule has 0 saturated heterocycles. The van der Waals surface area contributed by atoms with Gasteiger partial charge in [0.25, 0.3) is 5.56 Å². The molecule has 0 atom stereocenters. The van der Waals surface area contributed by atoms with Crippen molar-refractivity contribution < 1.29 is 14.3 Å². The van der Waals surface area contributed by atoms with Crippen molar-refractivity contribution in [3.8, 4) is 11.3 Å². The third kappa shape index (κ3) is 3.37. The van der Waals surface area contributed by atoms with Crippen LogP contribution in [0.4, 0.5) is 5.13 Å². The highest BCUT2D eigenvalue weighted by Crippen LogP contribution is 2.25. The summed E-state index contributed by atoms with van der Waals surface area (Å²) in [5.74, 6) is -0.828. The second-order valence-electron chi connectivity index (χ2n) is 6.00. The third-order valence-corrected chi connectivity index (χ3v) is 5.11. The molecule has 1 aromatic heterocycles. The average Bonchev–Trinajstić information content (AvgIpc) is 3.28. The van der Waals surface area contributed by atoms with Crippen LogP contribution in [0.1, 0.15) is 16.8 Å². The van der Waals surface area contributed by atoms with Crippen LogP contribution < -0.4 is 10.9 Å². The van der Waals surface area contributed by atoms with E-state index in [9.17, 15) is 14.4 Å². The van der Waals surface area contributed by atoms with E-state index in [1.807, 2.05) is 24.3 Å². The van der Waals surface area contributed by atoms with Crippen molar-refractivity contribution in [1.82, 2.24) is 19.7 Å². The highest BCUT2D eigenvalue weighted by atomic mass is 32.1. The van der Waals surface area contributed by atoms with Gasteiger partial charge in [-0.15, -0.1) is 0 Å². The van der Waals surface area contributed by atoms with E-state index in [0.717, 1.165) is 10.2 Å². The van der Waals surface area contributed by atoms with Crippen LogP contribution in [0.5, 0.6) is 0 Å². The number of esters is 1. The molecule has 1 amide bonds. The Bertz CT molecular complexity index is 1180. The number of benzene rings is 1. The number of nitrogens with one attached hydrogen (secondary N) is 2. The van der Waals surface area contributed by atoms with Crippen molar-refractivity contribution >= 4 is 38.6 Å². The lowest BCUT2D eigenvalue weighted by Crippen LogP contribution is -2.16. The van der Waals surface area contributed by atoms with Crippen molar-refractivity contribution in [2.75, 3.05) is 12.4 Å². The number of rotatable bonds is 5. The van der Waals surface area contributed by atoms with Crippen molar-refractivity contribution in [2.45, 2.75) is 13.0 Å². The SMILES string of the molecule is COC(=O)c1cn(CCC(=O)Nc2nc3ccccc3s2)cc2c(=O)[nH]nc1-2. The first-order valence-corrected chi connectivity index (χ1v) is 9.18. The number of hydrogen-bond donors (Lipinski definition) is 2. The number of methoxy groups -OCH3 is 1. The fourth-order valence-corrected chi connectivity index (χ4v) is 3.70. The highest BCUT2D eigenvalue weighted by molar-refractivity contribution is 7.22. The zero-order valence-electron chi connectivity index (χ0n) is 14.8. The summed E-state index contributed by atoms with van der Waals surface area (Å²) in [5, 5.41) is 9.49. The molecule has 0 saturated carbocycles. The molecule has 1 aromatic carbocycles. The van der Waals surface area contributed by atoms with E-state index in [1.165, 1.54) is 24.6 Å². The van der Waals surface area contributed by atoms with Crippen molar-refractivity contribution in [3.63, 3.8) is 0 Å². The maximum absolute atomic E-state index is 12.3. The molecule has 0 bridgehead atoms. The summed E-state index contributed by atoms with van der Waals surface area (Å²) in [6, 6.07) is 7.62. The smallest absolute Gasteiger partial charge is 0.341 e. The van der Waals surface area contributed by atoms with Gasteiger partial charge in [0.15, 0.2) is 5.13 Å². The molecule has 28 heavy (non-hydrogen) atoms. The normalized spacial score (nSPS) is 11.0. The van der Waals surface area contributed by atoms with Crippen LogP contribution in [0.25, 0.3) is 21.5 Å². The molecule has 0 aliphatic carbocycles. The fraction of sp³-hybridized carbons (Fsp3) is 0.167. The molecule has 142 valence electrons. The molecular formula is C18H15N5O4S. The Morgan fingerprint density at radius 3 is 2.89 bits per heavy atom. The summed E-state index contributed by atoms with van der Waals surface area (Å²) in [6.07, 6.45) is 3.21. The number of pyridine rings is 1. The van der Waals surface area contributed by atoms with E-state index in [1.54, 1.807) is 10.8 Å². The zero-order chi connectivity index (χ0) is 19.7. The van der Waals surface area contributed by atoms with Crippen LogP contribution in [0, 0.1) is 0 Å². The lowest BCUT2D eigenvalue weighted by atomic mass is 10.1. The Morgan fingerprint density at radius 2 is 2.11 bits per heavy atom. The Kier molecular flexibility index (Phi) is 4.62. The minimum Gasteiger partial charge on any atom is -0.465 e. The molecule has 4 rings (SSSR count). The minimum absolute atomic E-state index is 0.138. The minimum atomic E-state index is -0.607. The van der Waals surface area contributed by atoms with Crippen LogP contribution in [0.15, 0.2) is 41.5 Å². The van der Waals surface area contributed by atoms with Gasteiger partial charge in [-0.1, -0.05) is 23.5 Å². The zero-order valence-corrected chi connectivity index (χ0v) is 15.6. The predicted octanol–water partition coefficient (Wildman–Crippen LogP) is 2.10. The average molecular weight is 397 g/mol. The van der Waals surface area contributed by atoms with Gasteiger partial charge >= 0.3 is 5.97 Å². The molecule has 2 aromatic rings. The van der Waals surface area contributed by atoms with Crippen LogP contribution in [0.3, 0.4) is 0 Å². The lowest BCUT2D eigenvalue weighted by Gasteiger charge is -2.11. The van der Waals surface area contributed by atoms with Crippen LogP contribution >= 0.6 is 11.3 Å². The summed E-state index contributed by atoms with van der Waals surface area (Å²) in [7, 11) is 1.25. The van der Waals surface area contributed by atoms with Crippen LogP contribution in [-0.2, 0) is 16.1 Å². The number of nitrogens with zero attached hydrogens (tertiary/aromatic N) is 3. The number of aryl methyl sites for hydroxylation is 1. The quantitative estimate of drug-likeness (QED) is 0.498. The number of anilines is 1. The molecular weight excluding hydrogens is 382 g/mol. The van der Waals surface area contributed by atoms with Gasteiger partial charge in [-0.05, 0) is 12.1 Å². The summed E-state index contributed by atoms with van der Waals surface area (Å²) in [4.78, 5) is 40.5. The Hall–Kier alpha value is -3.53. The van der Waals surface area contributed by atoms with Gasteiger partial charge in [-0.3, -0.25) is 9.59 Å². The van der Waals surface area contributed by atoms with Gasteiger partial charge in [0, 0.05) is 25.4 Å². The van der Waals surface area contributed by atoms with Crippen molar-refractivity contribution in [3.05, 3.63) is 52.6 Å². The summed E-state index contributed by atoms with van der Waals surface area (Å²) >= 11 is 1.40. The van der Waals surface area contributed by atoms with Crippen molar-refractivity contribution in [2.24, 2.45) is 0 Å². The molecule has 0 fully saturated rings. The molecule has 10 heteroatoms. The first-order chi connectivity index (χ1) is 13.5. The van der Waals surface area contributed by atoms with E-state index >= 15 is 0 Å². The van der Waals surface area contributed by atoms with E-state index in [0.29, 0.717) is 5.13 Å². The van der Waals surface area contributed by atoms with Gasteiger partial charge in [-0.2, -0.15) is 5.10 Å². The second kappa shape index (κ2) is 7.24. The Morgan fingerprint density at radius 1 is 1.29 bits per heavy atom. The van der Waals surface area contributed by atoms with E-state index in [4.69, 9.17) is 4.74 Å². The maximum Gasteiger partial charge on any atom is 0.341 e. The number of carbonyl (C=O) groups excluding carboxylic acids is 2. The Labute approximate surface area is 162 Å². The topological polar surface area (TPSA) is 119 Å². The number of hydrogen-bond acceptors (Lipinski definition) is 7. The van der Waals surface area contributed by atoms with E-state index in [2.05, 4.69) is 20.5 Å². The number of thiazole rings is 1. The molecule has 2 aliphatic rings. The van der Waals surface area contributed by atoms with Gasteiger partial charge in [0.2, 0.25) is 5.91 Å². The van der Waals surface area contributed by atoms with Gasteiger partial charge in [-0.25, -0.2) is 14.9 Å². The summed E-state index contributed by atoms with van der Waals surface area (Å²) < 4.78 is 7.34. The van der Waals surface area contributed by atoms with E-state index < -0.39 is 11.5 Å². The number of para-hydroxylation sites is 1. The van der Waals surface area contributed by atoms with Crippen molar-refractivity contribution in [1.29, 1.82) is 0 Å². The highest BCUT2D eigenvalue weighted by Gasteiger charge is 2.22. The first-order valence-electron chi connectivity index (χ1n) is 8.37. The standard InChI is InChI=1S/C18H15N5O4S/c1-27-17(26)11-9-23(8-10-15(11)21-22-16(10)25)7-6-14(24)20-18-19-12-4-2-3-5-13(12)28-18/h2-5,8-9H,6-7H2,1H3,(H,22,25)(H,19,20,24). The second-order valence-corrected chi connectivity index (χ2v) is 7.03. The number of H-pyrrole nitrogens is 1.